The molecule has 0 bridgehead atoms. The zero-order chi connectivity index (χ0) is 16.1. The summed E-state index contributed by atoms with van der Waals surface area (Å²) in [7, 11) is 0. The maximum atomic E-state index is 11.8. The summed E-state index contributed by atoms with van der Waals surface area (Å²) in [6.07, 6.45) is 5.37. The van der Waals surface area contributed by atoms with Gasteiger partial charge in [0.25, 0.3) is 0 Å². The van der Waals surface area contributed by atoms with E-state index in [9.17, 15) is 9.90 Å². The first kappa shape index (κ1) is 16.8. The second-order valence-electron chi connectivity index (χ2n) is 6.47. The van der Waals surface area contributed by atoms with Crippen LogP contribution in [-0.4, -0.2) is 17.7 Å². The van der Waals surface area contributed by atoms with Gasteiger partial charge in [0.2, 0.25) is 0 Å². The predicted octanol–water partition coefficient (Wildman–Crippen LogP) is 4.00. The fraction of sp³-hybridized carbons (Fsp3) is 0.526. The van der Waals surface area contributed by atoms with Crippen LogP contribution < -0.4 is 4.74 Å². The first-order chi connectivity index (χ1) is 10.5. The van der Waals surface area contributed by atoms with Crippen LogP contribution in [0.15, 0.2) is 30.4 Å². The van der Waals surface area contributed by atoms with Gasteiger partial charge in [0.1, 0.15) is 5.75 Å². The second-order valence-corrected chi connectivity index (χ2v) is 6.47. The molecule has 1 aromatic rings. The molecule has 120 valence electrons. The van der Waals surface area contributed by atoms with Gasteiger partial charge in [-0.3, -0.25) is 0 Å². The molecule has 3 heteroatoms. The van der Waals surface area contributed by atoms with E-state index >= 15 is 0 Å². The number of carbonyl (C=O) groups excluding carboxylic acids is 1. The van der Waals surface area contributed by atoms with Crippen molar-refractivity contribution in [1.82, 2.24) is 0 Å². The van der Waals surface area contributed by atoms with Crippen molar-refractivity contribution in [2.45, 2.75) is 51.9 Å². The molecule has 0 heterocycles. The Morgan fingerprint density at radius 1 is 1.32 bits per heavy atom. The van der Waals surface area contributed by atoms with Crippen LogP contribution in [0.5, 0.6) is 5.75 Å². The highest BCUT2D eigenvalue weighted by Crippen LogP contribution is 2.37. The van der Waals surface area contributed by atoms with Crippen LogP contribution in [0, 0.1) is 5.92 Å². The van der Waals surface area contributed by atoms with Crippen LogP contribution in [-0.2, 0) is 11.2 Å². The van der Waals surface area contributed by atoms with Gasteiger partial charge in [0, 0.05) is 12.2 Å². The molecule has 1 aromatic carbocycles. The fourth-order valence-corrected chi connectivity index (χ4v) is 3.03. The maximum absolute atomic E-state index is 11.8. The Balaban J connectivity index is 2.22. The molecule has 0 unspecified atom stereocenters. The summed E-state index contributed by atoms with van der Waals surface area (Å²) in [5, 5.41) is 9.18. The topological polar surface area (TPSA) is 46.5 Å². The van der Waals surface area contributed by atoms with Crippen LogP contribution in [0.25, 0.3) is 0 Å². The first-order valence-electron chi connectivity index (χ1n) is 8.12. The van der Waals surface area contributed by atoms with E-state index in [1.807, 2.05) is 12.1 Å². The number of aliphatic hydroxyl groups is 1. The van der Waals surface area contributed by atoms with Crippen molar-refractivity contribution in [1.29, 1.82) is 0 Å². The van der Waals surface area contributed by atoms with Gasteiger partial charge in [-0.25, -0.2) is 4.79 Å². The number of esters is 1. The summed E-state index contributed by atoms with van der Waals surface area (Å²) in [5.41, 5.74) is 2.48. The number of hydrogen-bond donors (Lipinski definition) is 1. The molecule has 0 atom stereocenters. The Labute approximate surface area is 133 Å². The minimum absolute atomic E-state index is 0.0396. The number of carbonyl (C=O) groups is 1. The van der Waals surface area contributed by atoms with Crippen molar-refractivity contribution in [3.8, 4) is 5.75 Å². The highest BCUT2D eigenvalue weighted by Gasteiger charge is 2.21. The lowest BCUT2D eigenvalue weighted by Crippen LogP contribution is -2.13. The summed E-state index contributed by atoms with van der Waals surface area (Å²) < 4.78 is 5.46. The third kappa shape index (κ3) is 4.20. The molecule has 2 rings (SSSR count). The van der Waals surface area contributed by atoms with E-state index in [0.717, 1.165) is 11.5 Å². The number of aliphatic hydroxyl groups excluding tert-OH is 1. The van der Waals surface area contributed by atoms with Crippen molar-refractivity contribution >= 4 is 5.97 Å². The molecule has 0 radical (unpaired) electrons. The fourth-order valence-electron chi connectivity index (χ4n) is 3.03. The number of rotatable bonds is 5. The van der Waals surface area contributed by atoms with Crippen LogP contribution >= 0.6 is 0 Å². The van der Waals surface area contributed by atoms with Crippen molar-refractivity contribution < 1.29 is 14.6 Å². The Morgan fingerprint density at radius 3 is 2.59 bits per heavy atom. The largest absolute Gasteiger partial charge is 0.423 e. The molecule has 3 nitrogen and oxygen atoms in total. The van der Waals surface area contributed by atoms with Crippen molar-refractivity contribution in [2.75, 3.05) is 6.61 Å². The Morgan fingerprint density at radius 2 is 2.00 bits per heavy atom. The van der Waals surface area contributed by atoms with Crippen LogP contribution in [0.4, 0.5) is 0 Å². The van der Waals surface area contributed by atoms with Crippen LogP contribution in [0.3, 0.4) is 0 Å². The van der Waals surface area contributed by atoms with E-state index in [4.69, 9.17) is 4.74 Å². The minimum atomic E-state index is -0.409. The average molecular weight is 302 g/mol. The Kier molecular flexibility index (Phi) is 5.78. The van der Waals surface area contributed by atoms with Gasteiger partial charge in [-0.15, -0.1) is 0 Å². The van der Waals surface area contributed by atoms with Gasteiger partial charge in [-0.05, 0) is 55.2 Å². The molecule has 0 saturated heterocycles. The monoisotopic (exact) mass is 302 g/mol. The highest BCUT2D eigenvalue weighted by atomic mass is 16.5. The summed E-state index contributed by atoms with van der Waals surface area (Å²) in [6, 6.07) is 6.07. The molecule has 0 spiro atoms. The van der Waals surface area contributed by atoms with E-state index < -0.39 is 5.97 Å². The van der Waals surface area contributed by atoms with Gasteiger partial charge in [0.05, 0.1) is 0 Å². The molecule has 22 heavy (non-hydrogen) atoms. The summed E-state index contributed by atoms with van der Waals surface area (Å²) in [4.78, 5) is 11.8. The predicted molar refractivity (Wildman–Crippen MR) is 88.1 cm³/mol. The normalized spacial score (nSPS) is 21.4. The molecule has 1 N–H and O–H groups in total. The SMILES string of the molecule is C=C(C)C(=O)Oc1cc(C2CCC(C)CC2)ccc1CCO. The van der Waals surface area contributed by atoms with E-state index in [-0.39, 0.29) is 6.61 Å². The highest BCUT2D eigenvalue weighted by molar-refractivity contribution is 5.89. The summed E-state index contributed by atoms with van der Waals surface area (Å²) in [5.74, 6) is 1.51. The van der Waals surface area contributed by atoms with Gasteiger partial charge in [-0.1, -0.05) is 38.5 Å². The lowest BCUT2D eigenvalue weighted by Gasteiger charge is -2.27. The van der Waals surface area contributed by atoms with E-state index in [1.165, 1.54) is 31.2 Å². The van der Waals surface area contributed by atoms with Gasteiger partial charge in [-0.2, -0.15) is 0 Å². The molecule has 0 aliphatic heterocycles. The van der Waals surface area contributed by atoms with Crippen molar-refractivity contribution in [3.63, 3.8) is 0 Å². The van der Waals surface area contributed by atoms with Crippen molar-refractivity contribution in [3.05, 3.63) is 41.5 Å². The first-order valence-corrected chi connectivity index (χ1v) is 8.12. The molecule has 0 aromatic heterocycles. The zero-order valence-electron chi connectivity index (χ0n) is 13.6. The zero-order valence-corrected chi connectivity index (χ0v) is 13.6. The lowest BCUT2D eigenvalue weighted by molar-refractivity contribution is -0.130. The quantitative estimate of drug-likeness (QED) is 0.508. The molecular formula is C19H26O3. The van der Waals surface area contributed by atoms with E-state index in [0.29, 0.717) is 23.7 Å². The number of benzene rings is 1. The maximum Gasteiger partial charge on any atom is 0.338 e. The third-order valence-corrected chi connectivity index (χ3v) is 4.51. The summed E-state index contributed by atoms with van der Waals surface area (Å²) >= 11 is 0. The van der Waals surface area contributed by atoms with Crippen LogP contribution in [0.2, 0.25) is 0 Å². The van der Waals surface area contributed by atoms with Crippen molar-refractivity contribution in [2.24, 2.45) is 5.92 Å². The number of hydrogen-bond acceptors (Lipinski definition) is 3. The minimum Gasteiger partial charge on any atom is -0.423 e. The van der Waals surface area contributed by atoms with Gasteiger partial charge < -0.3 is 9.84 Å². The Bertz CT molecular complexity index is 540. The molecule has 1 aliphatic carbocycles. The molecular weight excluding hydrogens is 276 g/mol. The standard InChI is InChI=1S/C19H26O3/c1-13(2)19(21)22-18-12-17(9-8-16(18)10-11-20)15-6-4-14(3)5-7-15/h8-9,12,14-15,20H,1,4-7,10-11H2,2-3H3. The second kappa shape index (κ2) is 7.59. The van der Waals surface area contributed by atoms with E-state index in [2.05, 4.69) is 19.6 Å². The molecule has 1 aliphatic rings. The lowest BCUT2D eigenvalue weighted by atomic mass is 9.79. The summed E-state index contributed by atoms with van der Waals surface area (Å²) in [6.45, 7) is 7.61. The smallest absolute Gasteiger partial charge is 0.338 e. The third-order valence-electron chi connectivity index (χ3n) is 4.51. The molecule has 0 amide bonds. The van der Waals surface area contributed by atoms with E-state index in [1.54, 1.807) is 6.92 Å². The van der Waals surface area contributed by atoms with Gasteiger partial charge >= 0.3 is 5.97 Å². The molecule has 1 fully saturated rings. The Hall–Kier alpha value is -1.61. The average Bonchev–Trinajstić information content (AvgIpc) is 2.50. The molecule has 1 saturated carbocycles. The van der Waals surface area contributed by atoms with Gasteiger partial charge in [0.15, 0.2) is 0 Å². The number of ether oxygens (including phenoxy) is 1. The van der Waals surface area contributed by atoms with Crippen LogP contribution in [0.1, 0.15) is 56.6 Å².